The topological polar surface area (TPSA) is 21.3 Å². The van der Waals surface area contributed by atoms with Crippen LogP contribution in [0.2, 0.25) is 10.0 Å². The highest BCUT2D eigenvalue weighted by Gasteiger charge is 2.17. The molecule has 108 valence electrons. The van der Waals surface area contributed by atoms with Gasteiger partial charge in [-0.3, -0.25) is 0 Å². The molecule has 0 aliphatic rings. The van der Waals surface area contributed by atoms with Gasteiger partial charge >= 0.3 is 0 Å². The predicted octanol–water partition coefficient (Wildman–Crippen LogP) is 4.96. The normalized spacial score (nSPS) is 12.4. The van der Waals surface area contributed by atoms with Crippen molar-refractivity contribution in [3.63, 3.8) is 0 Å². The maximum absolute atomic E-state index is 6.08. The number of nitrogens with one attached hydrogen (secondary N) is 1. The van der Waals surface area contributed by atoms with Crippen molar-refractivity contribution >= 4 is 34.5 Å². The fourth-order valence-electron chi connectivity index (χ4n) is 2.14. The summed E-state index contributed by atoms with van der Waals surface area (Å²) in [6.45, 7) is 3.00. The van der Waals surface area contributed by atoms with Gasteiger partial charge < -0.3 is 10.1 Å². The Hall–Kier alpha value is -0.740. The standard InChI is InChI=1S/C15H17Cl2NOS/c1-3-18-13(15-14(19-2)6-7-20-15)9-10-4-5-11(16)12(17)8-10/h4-8,13,18H,3,9H2,1-2H3. The monoisotopic (exact) mass is 329 g/mol. The van der Waals surface area contributed by atoms with E-state index in [1.807, 2.05) is 29.6 Å². The van der Waals surface area contributed by atoms with Crippen LogP contribution in [0.1, 0.15) is 23.4 Å². The molecule has 0 radical (unpaired) electrons. The van der Waals surface area contributed by atoms with Gasteiger partial charge in [0.15, 0.2) is 0 Å². The molecule has 1 atom stereocenters. The fraction of sp³-hybridized carbons (Fsp3) is 0.333. The smallest absolute Gasteiger partial charge is 0.134 e. The molecular weight excluding hydrogens is 313 g/mol. The number of rotatable bonds is 6. The first-order valence-electron chi connectivity index (χ1n) is 6.44. The molecule has 0 aliphatic heterocycles. The van der Waals surface area contributed by atoms with Crippen LogP contribution in [0.25, 0.3) is 0 Å². The Kier molecular flexibility index (Phi) is 5.73. The van der Waals surface area contributed by atoms with Crippen LogP contribution in [0, 0.1) is 0 Å². The lowest BCUT2D eigenvalue weighted by molar-refractivity contribution is 0.403. The van der Waals surface area contributed by atoms with Crippen molar-refractivity contribution in [1.82, 2.24) is 5.32 Å². The number of ether oxygens (including phenoxy) is 1. The minimum Gasteiger partial charge on any atom is -0.496 e. The maximum atomic E-state index is 6.08. The van der Waals surface area contributed by atoms with E-state index in [-0.39, 0.29) is 6.04 Å². The lowest BCUT2D eigenvalue weighted by atomic mass is 10.0. The van der Waals surface area contributed by atoms with E-state index in [1.54, 1.807) is 18.4 Å². The first-order chi connectivity index (χ1) is 9.65. The lowest BCUT2D eigenvalue weighted by Crippen LogP contribution is -2.22. The van der Waals surface area contributed by atoms with Crippen molar-refractivity contribution in [3.8, 4) is 5.75 Å². The van der Waals surface area contributed by atoms with E-state index in [2.05, 4.69) is 12.2 Å². The summed E-state index contributed by atoms with van der Waals surface area (Å²) in [5.41, 5.74) is 1.15. The average Bonchev–Trinajstić information content (AvgIpc) is 2.90. The van der Waals surface area contributed by atoms with Gasteiger partial charge in [-0.2, -0.15) is 0 Å². The third-order valence-corrected chi connectivity index (χ3v) is 4.82. The van der Waals surface area contributed by atoms with E-state index in [9.17, 15) is 0 Å². The molecule has 0 aliphatic carbocycles. The van der Waals surface area contributed by atoms with Crippen molar-refractivity contribution in [2.75, 3.05) is 13.7 Å². The van der Waals surface area contributed by atoms with Crippen molar-refractivity contribution in [2.45, 2.75) is 19.4 Å². The molecule has 20 heavy (non-hydrogen) atoms. The molecule has 0 bridgehead atoms. The van der Waals surface area contributed by atoms with Crippen molar-refractivity contribution in [1.29, 1.82) is 0 Å². The zero-order valence-corrected chi connectivity index (χ0v) is 13.8. The summed E-state index contributed by atoms with van der Waals surface area (Å²) in [5, 5.41) is 6.73. The minimum atomic E-state index is 0.215. The van der Waals surface area contributed by atoms with E-state index in [4.69, 9.17) is 27.9 Å². The Morgan fingerprint density at radius 2 is 2.05 bits per heavy atom. The molecule has 0 amide bonds. The molecule has 1 heterocycles. The number of halogens is 2. The number of hydrogen-bond donors (Lipinski definition) is 1. The van der Waals surface area contributed by atoms with Crippen LogP contribution in [-0.4, -0.2) is 13.7 Å². The summed E-state index contributed by atoms with van der Waals surface area (Å²) in [6, 6.07) is 7.99. The maximum Gasteiger partial charge on any atom is 0.134 e. The van der Waals surface area contributed by atoms with E-state index >= 15 is 0 Å². The molecule has 2 aromatic rings. The van der Waals surface area contributed by atoms with Gasteiger partial charge in [0, 0.05) is 6.04 Å². The van der Waals surface area contributed by atoms with Crippen molar-refractivity contribution in [2.24, 2.45) is 0 Å². The van der Waals surface area contributed by atoms with Gasteiger partial charge in [0.25, 0.3) is 0 Å². The van der Waals surface area contributed by atoms with Crippen molar-refractivity contribution in [3.05, 3.63) is 50.1 Å². The number of methoxy groups -OCH3 is 1. The summed E-state index contributed by atoms with van der Waals surface area (Å²) in [5.74, 6) is 0.931. The van der Waals surface area contributed by atoms with Gasteiger partial charge in [-0.15, -0.1) is 11.3 Å². The summed E-state index contributed by atoms with van der Waals surface area (Å²) >= 11 is 13.7. The molecule has 1 N–H and O–H groups in total. The van der Waals surface area contributed by atoms with Gasteiger partial charge in [0.1, 0.15) is 5.75 Å². The molecule has 1 aromatic carbocycles. The highest BCUT2D eigenvalue weighted by atomic mass is 35.5. The zero-order valence-electron chi connectivity index (χ0n) is 11.5. The molecule has 1 aromatic heterocycles. The third kappa shape index (κ3) is 3.67. The molecule has 0 fully saturated rings. The van der Waals surface area contributed by atoms with E-state index in [0.717, 1.165) is 24.3 Å². The molecular formula is C15H17Cl2NOS. The Bertz CT molecular complexity index is 571. The number of thiophene rings is 1. The van der Waals surface area contributed by atoms with Crippen LogP contribution in [-0.2, 0) is 6.42 Å². The van der Waals surface area contributed by atoms with Crippen molar-refractivity contribution < 1.29 is 4.74 Å². The zero-order chi connectivity index (χ0) is 14.5. The summed E-state index contributed by atoms with van der Waals surface area (Å²) in [6.07, 6.45) is 0.849. The quantitative estimate of drug-likeness (QED) is 0.808. The Labute approximate surface area is 133 Å². The highest BCUT2D eigenvalue weighted by molar-refractivity contribution is 7.10. The van der Waals surface area contributed by atoms with Crippen LogP contribution in [0.3, 0.4) is 0 Å². The molecule has 1 unspecified atom stereocenters. The summed E-state index contributed by atoms with van der Waals surface area (Å²) in [7, 11) is 1.70. The summed E-state index contributed by atoms with van der Waals surface area (Å²) < 4.78 is 5.42. The van der Waals surface area contributed by atoms with Crippen LogP contribution >= 0.6 is 34.5 Å². The molecule has 0 saturated carbocycles. The van der Waals surface area contributed by atoms with Crippen LogP contribution in [0.5, 0.6) is 5.75 Å². The Morgan fingerprint density at radius 3 is 2.70 bits per heavy atom. The number of benzene rings is 1. The van der Waals surface area contributed by atoms with Gasteiger partial charge in [-0.25, -0.2) is 0 Å². The SMILES string of the molecule is CCNC(Cc1ccc(Cl)c(Cl)c1)c1sccc1OC. The molecule has 2 nitrogen and oxygen atoms in total. The summed E-state index contributed by atoms with van der Waals surface area (Å²) in [4.78, 5) is 1.21. The van der Waals surface area contributed by atoms with Gasteiger partial charge in [-0.05, 0) is 42.1 Å². The third-order valence-electron chi connectivity index (χ3n) is 3.07. The van der Waals surface area contributed by atoms with E-state index in [1.165, 1.54) is 4.88 Å². The minimum absolute atomic E-state index is 0.215. The molecule has 5 heteroatoms. The molecule has 0 saturated heterocycles. The highest BCUT2D eigenvalue weighted by Crippen LogP contribution is 2.33. The Balaban J connectivity index is 2.23. The average molecular weight is 330 g/mol. The molecule has 0 spiro atoms. The van der Waals surface area contributed by atoms with Gasteiger partial charge in [0.2, 0.25) is 0 Å². The van der Waals surface area contributed by atoms with Crippen LogP contribution < -0.4 is 10.1 Å². The Morgan fingerprint density at radius 1 is 1.25 bits per heavy atom. The second-order valence-electron chi connectivity index (χ2n) is 4.42. The predicted molar refractivity (Wildman–Crippen MR) is 87.5 cm³/mol. The van der Waals surface area contributed by atoms with Gasteiger partial charge in [0.05, 0.1) is 22.0 Å². The van der Waals surface area contributed by atoms with Gasteiger partial charge in [-0.1, -0.05) is 36.2 Å². The number of likely N-dealkylation sites (N-methyl/N-ethyl adjacent to an activating group) is 1. The first kappa shape index (κ1) is 15.6. The molecule has 2 rings (SSSR count). The van der Waals surface area contributed by atoms with Crippen LogP contribution in [0.4, 0.5) is 0 Å². The number of hydrogen-bond acceptors (Lipinski definition) is 3. The van der Waals surface area contributed by atoms with E-state index in [0.29, 0.717) is 10.0 Å². The first-order valence-corrected chi connectivity index (χ1v) is 8.08. The fourth-order valence-corrected chi connectivity index (χ4v) is 3.40. The van der Waals surface area contributed by atoms with E-state index < -0.39 is 0 Å². The second kappa shape index (κ2) is 7.32. The second-order valence-corrected chi connectivity index (χ2v) is 6.18. The lowest BCUT2D eigenvalue weighted by Gasteiger charge is -2.18. The largest absolute Gasteiger partial charge is 0.496 e. The van der Waals surface area contributed by atoms with Crippen LogP contribution in [0.15, 0.2) is 29.6 Å².